The standard InChI is InChI=1S/C23H20O8/c1-23(2,15-3-7-17(8-4-15)26-11-19-13-28-21(24)30-19)16-5-9-18(10-6-16)27-12-20-14-29-22(25)31-20/h3-10,13-14H,11-12H2,1-2H3. The van der Waals surface area contributed by atoms with Crippen LogP contribution in [0.4, 0.5) is 0 Å². The average Bonchev–Trinajstić information content (AvgIpc) is 3.39. The Balaban J connectivity index is 1.39. The molecule has 0 N–H and O–H groups in total. The summed E-state index contributed by atoms with van der Waals surface area (Å²) in [6.07, 6.45) is 2.47. The topological polar surface area (TPSA) is 105 Å². The first kappa shape index (κ1) is 20.3. The summed E-state index contributed by atoms with van der Waals surface area (Å²) in [4.78, 5) is 21.8. The van der Waals surface area contributed by atoms with Gasteiger partial charge < -0.3 is 27.1 Å². The van der Waals surface area contributed by atoms with Crippen molar-refractivity contribution < 1.29 is 27.1 Å². The SMILES string of the molecule is CC(C)(c1ccc(OCc2coc(=O)o2)cc1)c1ccc(OCc2coc(=O)o2)cc1. The van der Waals surface area contributed by atoms with Crippen molar-refractivity contribution in [1.29, 1.82) is 0 Å². The van der Waals surface area contributed by atoms with Gasteiger partial charge in [0.2, 0.25) is 0 Å². The van der Waals surface area contributed by atoms with Crippen LogP contribution in [-0.4, -0.2) is 0 Å². The van der Waals surface area contributed by atoms with Crippen LogP contribution in [0.1, 0.15) is 36.5 Å². The lowest BCUT2D eigenvalue weighted by Crippen LogP contribution is -2.18. The second-order valence-corrected chi connectivity index (χ2v) is 7.36. The summed E-state index contributed by atoms with van der Waals surface area (Å²) in [5.74, 6) is 0.453. The molecule has 2 aromatic carbocycles. The molecule has 0 radical (unpaired) electrons. The molecule has 160 valence electrons. The third-order valence-corrected chi connectivity index (χ3v) is 4.92. The van der Waals surface area contributed by atoms with Gasteiger partial charge in [-0.3, -0.25) is 0 Å². The number of benzene rings is 2. The van der Waals surface area contributed by atoms with Gasteiger partial charge in [-0.25, -0.2) is 9.59 Å². The predicted molar refractivity (Wildman–Crippen MR) is 108 cm³/mol. The van der Waals surface area contributed by atoms with Gasteiger partial charge in [-0.05, 0) is 35.4 Å². The Kier molecular flexibility index (Phi) is 5.53. The molecule has 0 unspecified atom stereocenters. The van der Waals surface area contributed by atoms with Crippen LogP contribution in [0.5, 0.6) is 11.5 Å². The Morgan fingerprint density at radius 1 is 0.677 bits per heavy atom. The van der Waals surface area contributed by atoms with Crippen LogP contribution in [0.3, 0.4) is 0 Å². The molecule has 4 aromatic rings. The van der Waals surface area contributed by atoms with Crippen molar-refractivity contribution in [2.24, 2.45) is 0 Å². The second-order valence-electron chi connectivity index (χ2n) is 7.36. The van der Waals surface area contributed by atoms with Crippen molar-refractivity contribution in [3.8, 4) is 11.5 Å². The van der Waals surface area contributed by atoms with Crippen LogP contribution in [0.25, 0.3) is 0 Å². The first-order valence-corrected chi connectivity index (χ1v) is 9.52. The van der Waals surface area contributed by atoms with Gasteiger partial charge in [0.05, 0.1) is 0 Å². The van der Waals surface area contributed by atoms with Gasteiger partial charge in [0.15, 0.2) is 11.5 Å². The fourth-order valence-corrected chi connectivity index (χ4v) is 3.08. The fraction of sp³-hybridized carbons (Fsp3) is 0.217. The van der Waals surface area contributed by atoms with Crippen LogP contribution in [-0.2, 0) is 18.6 Å². The number of hydrogen-bond donors (Lipinski definition) is 0. The van der Waals surface area contributed by atoms with Crippen LogP contribution in [0.2, 0.25) is 0 Å². The van der Waals surface area contributed by atoms with Gasteiger partial charge in [-0.2, -0.15) is 0 Å². The summed E-state index contributed by atoms with van der Waals surface area (Å²) in [6.45, 7) is 4.47. The molecule has 0 saturated heterocycles. The minimum atomic E-state index is -0.750. The zero-order valence-corrected chi connectivity index (χ0v) is 17.0. The summed E-state index contributed by atoms with van der Waals surface area (Å²) in [6, 6.07) is 15.4. The Morgan fingerprint density at radius 2 is 1.06 bits per heavy atom. The molecular weight excluding hydrogens is 404 g/mol. The fourth-order valence-electron chi connectivity index (χ4n) is 3.08. The molecule has 0 aliphatic heterocycles. The van der Waals surface area contributed by atoms with Gasteiger partial charge in [0.1, 0.15) is 37.2 Å². The lowest BCUT2D eigenvalue weighted by molar-refractivity contribution is 0.262. The molecule has 0 spiro atoms. The van der Waals surface area contributed by atoms with Gasteiger partial charge in [-0.1, -0.05) is 38.1 Å². The first-order chi connectivity index (χ1) is 14.9. The van der Waals surface area contributed by atoms with E-state index in [0.717, 1.165) is 11.1 Å². The van der Waals surface area contributed by atoms with Crippen molar-refractivity contribution >= 4 is 0 Å². The summed E-state index contributed by atoms with van der Waals surface area (Å²) < 4.78 is 30.0. The van der Waals surface area contributed by atoms with E-state index in [-0.39, 0.29) is 18.6 Å². The summed E-state index contributed by atoms with van der Waals surface area (Å²) in [7, 11) is 0. The first-order valence-electron chi connectivity index (χ1n) is 9.52. The molecular formula is C23H20O8. The molecule has 0 fully saturated rings. The molecule has 2 heterocycles. The third kappa shape index (κ3) is 4.80. The van der Waals surface area contributed by atoms with Gasteiger partial charge >= 0.3 is 11.6 Å². The Bertz CT molecular complexity index is 1140. The van der Waals surface area contributed by atoms with Gasteiger partial charge in [0, 0.05) is 5.41 Å². The maximum Gasteiger partial charge on any atom is 0.518 e. The zero-order chi connectivity index (χ0) is 21.8. The van der Waals surface area contributed by atoms with E-state index in [1.165, 1.54) is 12.5 Å². The number of ether oxygens (including phenoxy) is 2. The molecule has 0 atom stereocenters. The van der Waals surface area contributed by atoms with Crippen LogP contribution in [0.15, 0.2) is 88.3 Å². The number of rotatable bonds is 8. The highest BCUT2D eigenvalue weighted by Crippen LogP contribution is 2.33. The molecule has 8 nitrogen and oxygen atoms in total. The molecule has 0 aliphatic rings. The van der Waals surface area contributed by atoms with E-state index < -0.39 is 11.6 Å². The summed E-state index contributed by atoms with van der Waals surface area (Å²) >= 11 is 0. The van der Waals surface area contributed by atoms with Crippen molar-refractivity contribution in [1.82, 2.24) is 0 Å². The average molecular weight is 424 g/mol. The summed E-state index contributed by atoms with van der Waals surface area (Å²) in [5.41, 5.74) is 1.94. The molecule has 2 aromatic heterocycles. The summed E-state index contributed by atoms with van der Waals surface area (Å²) in [5, 5.41) is 0. The van der Waals surface area contributed by atoms with E-state index in [0.29, 0.717) is 23.0 Å². The smallest absolute Gasteiger partial charge is 0.486 e. The Morgan fingerprint density at radius 3 is 1.39 bits per heavy atom. The maximum atomic E-state index is 10.9. The quantitative estimate of drug-likeness (QED) is 0.413. The lowest BCUT2D eigenvalue weighted by atomic mass is 9.78. The Hall–Kier alpha value is -3.94. The second kappa shape index (κ2) is 8.43. The monoisotopic (exact) mass is 424 g/mol. The highest BCUT2D eigenvalue weighted by Gasteiger charge is 2.23. The molecule has 0 saturated carbocycles. The highest BCUT2D eigenvalue weighted by molar-refractivity contribution is 5.41. The largest absolute Gasteiger partial charge is 0.518 e. The highest BCUT2D eigenvalue weighted by atomic mass is 16.6. The van der Waals surface area contributed by atoms with E-state index in [1.807, 2.05) is 48.5 Å². The molecule has 0 amide bonds. The van der Waals surface area contributed by atoms with E-state index in [1.54, 1.807) is 0 Å². The van der Waals surface area contributed by atoms with E-state index >= 15 is 0 Å². The maximum absolute atomic E-state index is 10.9. The van der Waals surface area contributed by atoms with E-state index in [9.17, 15) is 9.59 Å². The van der Waals surface area contributed by atoms with E-state index in [4.69, 9.17) is 18.3 Å². The van der Waals surface area contributed by atoms with Crippen molar-refractivity contribution in [2.45, 2.75) is 32.5 Å². The predicted octanol–water partition coefficient (Wildman–Crippen LogP) is 4.26. The normalized spacial score (nSPS) is 11.4. The van der Waals surface area contributed by atoms with Crippen molar-refractivity contribution in [3.63, 3.8) is 0 Å². The van der Waals surface area contributed by atoms with Crippen LogP contribution >= 0.6 is 0 Å². The number of hydrogen-bond acceptors (Lipinski definition) is 8. The van der Waals surface area contributed by atoms with Gasteiger partial charge in [0.25, 0.3) is 0 Å². The van der Waals surface area contributed by atoms with E-state index in [2.05, 4.69) is 22.7 Å². The molecule has 4 rings (SSSR count). The van der Waals surface area contributed by atoms with Crippen LogP contribution in [0, 0.1) is 0 Å². The van der Waals surface area contributed by atoms with Crippen molar-refractivity contribution in [3.05, 3.63) is 105 Å². The minimum absolute atomic E-state index is 0.109. The molecule has 0 aliphatic carbocycles. The van der Waals surface area contributed by atoms with Crippen LogP contribution < -0.4 is 21.1 Å². The third-order valence-electron chi connectivity index (χ3n) is 4.92. The molecule has 0 bridgehead atoms. The minimum Gasteiger partial charge on any atom is -0.486 e. The zero-order valence-electron chi connectivity index (χ0n) is 17.0. The molecule has 8 heteroatoms. The van der Waals surface area contributed by atoms with Crippen molar-refractivity contribution in [2.75, 3.05) is 0 Å². The van der Waals surface area contributed by atoms with Gasteiger partial charge in [-0.15, -0.1) is 0 Å². The lowest BCUT2D eigenvalue weighted by Gasteiger charge is -2.26. The Labute approximate surface area is 176 Å². The molecule has 31 heavy (non-hydrogen) atoms.